The van der Waals surface area contributed by atoms with Crippen LogP contribution < -0.4 is 10.1 Å². The highest BCUT2D eigenvalue weighted by atomic mass is 16.5. The molecule has 2 rings (SSSR count). The second-order valence-electron chi connectivity index (χ2n) is 3.21. The Bertz CT molecular complexity index is 390. The number of hydrogen-bond donors (Lipinski definition) is 2. The third-order valence-electron chi connectivity index (χ3n) is 2.07. The standard InChI is InChI=1S/C10H9NO4/c12-8-5-9(11-8)15-7-3-1-6(2-4-7)10(13)14/h1-4,9H,5H2,(H,11,12)(H,13,14). The molecule has 1 amide bonds. The van der Waals surface area contributed by atoms with Gasteiger partial charge < -0.3 is 15.2 Å². The van der Waals surface area contributed by atoms with Crippen molar-refractivity contribution in [3.05, 3.63) is 29.8 Å². The smallest absolute Gasteiger partial charge is 0.335 e. The SMILES string of the molecule is O=C1CC(Oc2ccc(C(=O)O)cc2)N1. The van der Waals surface area contributed by atoms with Gasteiger partial charge in [0.15, 0.2) is 6.23 Å². The van der Waals surface area contributed by atoms with E-state index in [0.717, 1.165) is 0 Å². The van der Waals surface area contributed by atoms with Crippen LogP contribution in [0, 0.1) is 0 Å². The molecule has 1 atom stereocenters. The molecule has 1 aliphatic heterocycles. The van der Waals surface area contributed by atoms with Gasteiger partial charge in [-0.15, -0.1) is 0 Å². The third kappa shape index (κ3) is 2.07. The van der Waals surface area contributed by atoms with Gasteiger partial charge in [-0.2, -0.15) is 0 Å². The molecule has 1 fully saturated rings. The van der Waals surface area contributed by atoms with Crippen LogP contribution in [-0.4, -0.2) is 23.2 Å². The number of nitrogens with one attached hydrogen (secondary N) is 1. The van der Waals surface area contributed by atoms with E-state index in [1.54, 1.807) is 12.1 Å². The van der Waals surface area contributed by atoms with Crippen molar-refractivity contribution >= 4 is 11.9 Å². The van der Waals surface area contributed by atoms with E-state index < -0.39 is 5.97 Å². The van der Waals surface area contributed by atoms with Gasteiger partial charge in [0.1, 0.15) is 5.75 Å². The average molecular weight is 207 g/mol. The Kier molecular flexibility index (Phi) is 2.29. The van der Waals surface area contributed by atoms with Crippen molar-refractivity contribution in [3.63, 3.8) is 0 Å². The van der Waals surface area contributed by atoms with Gasteiger partial charge in [-0.3, -0.25) is 4.79 Å². The Balaban J connectivity index is 1.98. The van der Waals surface area contributed by atoms with Gasteiger partial charge >= 0.3 is 5.97 Å². The molecule has 0 aromatic heterocycles. The lowest BCUT2D eigenvalue weighted by atomic mass is 10.2. The molecule has 0 bridgehead atoms. The van der Waals surface area contributed by atoms with Gasteiger partial charge in [0.25, 0.3) is 0 Å². The first-order valence-electron chi connectivity index (χ1n) is 4.44. The number of amides is 1. The second-order valence-corrected chi connectivity index (χ2v) is 3.21. The molecular formula is C10H9NO4. The molecule has 1 unspecified atom stereocenters. The number of carboxylic acid groups (broad SMARTS) is 1. The van der Waals surface area contributed by atoms with E-state index >= 15 is 0 Å². The summed E-state index contributed by atoms with van der Waals surface area (Å²) in [5.41, 5.74) is 0.208. The highest BCUT2D eigenvalue weighted by molar-refractivity contribution is 5.87. The zero-order valence-corrected chi connectivity index (χ0v) is 7.77. The van der Waals surface area contributed by atoms with Gasteiger partial charge in [0.05, 0.1) is 12.0 Å². The third-order valence-corrected chi connectivity index (χ3v) is 2.07. The largest absolute Gasteiger partial charge is 0.478 e. The number of benzene rings is 1. The summed E-state index contributed by atoms with van der Waals surface area (Å²) in [5, 5.41) is 11.2. The monoisotopic (exact) mass is 207 g/mol. The lowest BCUT2D eigenvalue weighted by molar-refractivity contribution is -0.134. The number of aromatic carboxylic acids is 1. The number of hydrogen-bond acceptors (Lipinski definition) is 3. The molecule has 1 heterocycles. The number of ether oxygens (including phenoxy) is 1. The molecule has 0 radical (unpaired) electrons. The topological polar surface area (TPSA) is 75.6 Å². The van der Waals surface area contributed by atoms with Crippen molar-refractivity contribution in [1.82, 2.24) is 5.32 Å². The van der Waals surface area contributed by atoms with Crippen LogP contribution in [0.15, 0.2) is 24.3 Å². The summed E-state index contributed by atoms with van der Waals surface area (Å²) in [6.45, 7) is 0. The van der Waals surface area contributed by atoms with Crippen LogP contribution >= 0.6 is 0 Å². The summed E-state index contributed by atoms with van der Waals surface area (Å²) < 4.78 is 5.33. The number of rotatable bonds is 3. The molecule has 15 heavy (non-hydrogen) atoms. The van der Waals surface area contributed by atoms with E-state index in [0.29, 0.717) is 12.2 Å². The van der Waals surface area contributed by atoms with Crippen molar-refractivity contribution in [2.24, 2.45) is 0 Å². The molecule has 78 valence electrons. The van der Waals surface area contributed by atoms with Crippen molar-refractivity contribution < 1.29 is 19.4 Å². The molecule has 5 heteroatoms. The van der Waals surface area contributed by atoms with Gasteiger partial charge in [0, 0.05) is 0 Å². The predicted octanol–water partition coefficient (Wildman–Crippen LogP) is 0.610. The van der Waals surface area contributed by atoms with E-state index in [4.69, 9.17) is 9.84 Å². The molecule has 1 aromatic rings. The Morgan fingerprint density at radius 2 is 2.00 bits per heavy atom. The highest BCUT2D eigenvalue weighted by Crippen LogP contribution is 2.16. The fourth-order valence-electron chi connectivity index (χ4n) is 1.24. The minimum atomic E-state index is -0.974. The quantitative estimate of drug-likeness (QED) is 0.712. The van der Waals surface area contributed by atoms with Crippen LogP contribution in [0.5, 0.6) is 5.75 Å². The van der Waals surface area contributed by atoms with E-state index in [1.807, 2.05) is 0 Å². The molecule has 0 saturated carbocycles. The molecule has 2 N–H and O–H groups in total. The minimum absolute atomic E-state index is 0.0397. The normalized spacial score (nSPS) is 18.9. The molecule has 1 aromatic carbocycles. The predicted molar refractivity (Wildman–Crippen MR) is 50.6 cm³/mol. The van der Waals surface area contributed by atoms with Gasteiger partial charge in [-0.1, -0.05) is 0 Å². The van der Waals surface area contributed by atoms with E-state index in [1.165, 1.54) is 12.1 Å². The van der Waals surface area contributed by atoms with Crippen LogP contribution in [0.25, 0.3) is 0 Å². The maximum absolute atomic E-state index is 10.6. The zero-order chi connectivity index (χ0) is 10.8. The molecule has 1 saturated heterocycles. The zero-order valence-electron chi connectivity index (χ0n) is 7.77. The molecular weight excluding hydrogens is 198 g/mol. The molecule has 5 nitrogen and oxygen atoms in total. The van der Waals surface area contributed by atoms with Crippen LogP contribution in [0.3, 0.4) is 0 Å². The Hall–Kier alpha value is -2.04. The fraction of sp³-hybridized carbons (Fsp3) is 0.200. The average Bonchev–Trinajstić information content (AvgIpc) is 2.16. The van der Waals surface area contributed by atoms with Crippen molar-refractivity contribution in [3.8, 4) is 5.75 Å². The van der Waals surface area contributed by atoms with E-state index in [9.17, 15) is 9.59 Å². The van der Waals surface area contributed by atoms with Crippen molar-refractivity contribution in [2.75, 3.05) is 0 Å². The number of β-lactam (4-membered cyclic amide) rings is 1. The van der Waals surface area contributed by atoms with Crippen LogP contribution in [0.2, 0.25) is 0 Å². The first-order valence-corrected chi connectivity index (χ1v) is 4.44. The van der Waals surface area contributed by atoms with Crippen LogP contribution in [0.4, 0.5) is 0 Å². The number of carboxylic acids is 1. The lowest BCUT2D eigenvalue weighted by Crippen LogP contribution is -2.51. The van der Waals surface area contributed by atoms with Gasteiger partial charge in [0.2, 0.25) is 5.91 Å². The van der Waals surface area contributed by atoms with Crippen LogP contribution in [0.1, 0.15) is 16.8 Å². The Morgan fingerprint density at radius 3 is 2.47 bits per heavy atom. The second kappa shape index (κ2) is 3.61. The summed E-state index contributed by atoms with van der Waals surface area (Å²) in [5.74, 6) is -0.467. The van der Waals surface area contributed by atoms with E-state index in [2.05, 4.69) is 5.32 Å². The van der Waals surface area contributed by atoms with E-state index in [-0.39, 0.29) is 17.7 Å². The summed E-state index contributed by atoms with van der Waals surface area (Å²) >= 11 is 0. The van der Waals surface area contributed by atoms with Gasteiger partial charge in [-0.25, -0.2) is 4.79 Å². The molecule has 0 aliphatic carbocycles. The number of carbonyl (C=O) groups excluding carboxylic acids is 1. The molecule has 1 aliphatic rings. The summed E-state index contributed by atoms with van der Waals surface area (Å²) in [6, 6.07) is 6.04. The van der Waals surface area contributed by atoms with Crippen LogP contribution in [-0.2, 0) is 4.79 Å². The summed E-state index contributed by atoms with van der Waals surface area (Å²) in [7, 11) is 0. The first kappa shape index (κ1) is 9.51. The highest BCUT2D eigenvalue weighted by Gasteiger charge is 2.26. The first-order chi connectivity index (χ1) is 7.15. The maximum atomic E-state index is 10.6. The summed E-state index contributed by atoms with van der Waals surface area (Å²) in [4.78, 5) is 21.1. The lowest BCUT2D eigenvalue weighted by Gasteiger charge is -2.27. The Morgan fingerprint density at radius 1 is 1.40 bits per heavy atom. The van der Waals surface area contributed by atoms with Crippen molar-refractivity contribution in [2.45, 2.75) is 12.6 Å². The van der Waals surface area contributed by atoms with Gasteiger partial charge in [-0.05, 0) is 24.3 Å². The molecule has 0 spiro atoms. The minimum Gasteiger partial charge on any atom is -0.478 e. The summed E-state index contributed by atoms with van der Waals surface area (Å²) in [6.07, 6.45) is 0.0638. The fourth-order valence-corrected chi connectivity index (χ4v) is 1.24. The maximum Gasteiger partial charge on any atom is 0.335 e. The Labute approximate surface area is 85.7 Å². The van der Waals surface area contributed by atoms with Crippen molar-refractivity contribution in [1.29, 1.82) is 0 Å². The number of carbonyl (C=O) groups is 2.